The zero-order valence-corrected chi connectivity index (χ0v) is 11.9. The zero-order chi connectivity index (χ0) is 13.9. The number of nitrogens with two attached hydrogens (primary N) is 1. The molecule has 0 unspecified atom stereocenters. The first-order valence-electron chi connectivity index (χ1n) is 6.26. The number of rotatable bonds is 4. The molecule has 0 saturated carbocycles. The summed E-state index contributed by atoms with van der Waals surface area (Å²) in [6.45, 7) is 2.57. The van der Waals surface area contributed by atoms with E-state index in [1.165, 1.54) is 11.2 Å². The molecule has 0 aliphatic carbocycles. The van der Waals surface area contributed by atoms with Crippen LogP contribution in [0.25, 0.3) is 10.9 Å². The molecule has 2 heterocycles. The fourth-order valence-electron chi connectivity index (χ4n) is 1.97. The zero-order valence-electron chi connectivity index (χ0n) is 11.0. The number of thiazole rings is 1. The van der Waals surface area contributed by atoms with Crippen molar-refractivity contribution in [3.8, 4) is 5.88 Å². The van der Waals surface area contributed by atoms with Gasteiger partial charge < -0.3 is 10.5 Å². The highest BCUT2D eigenvalue weighted by Gasteiger charge is 2.07. The number of aromatic nitrogens is 3. The molecule has 102 valence electrons. The molecule has 0 bridgehead atoms. The Morgan fingerprint density at radius 3 is 2.95 bits per heavy atom. The van der Waals surface area contributed by atoms with E-state index in [4.69, 9.17) is 10.5 Å². The second kappa shape index (κ2) is 5.42. The van der Waals surface area contributed by atoms with E-state index in [0.29, 0.717) is 18.2 Å². The number of ether oxygens (including phenoxy) is 1. The van der Waals surface area contributed by atoms with Crippen molar-refractivity contribution in [1.82, 2.24) is 15.0 Å². The van der Waals surface area contributed by atoms with Crippen LogP contribution in [0.3, 0.4) is 0 Å². The maximum Gasteiger partial charge on any atom is 0.224 e. The van der Waals surface area contributed by atoms with E-state index < -0.39 is 0 Å². The minimum absolute atomic E-state index is 0.559. The number of nitrogen functional groups attached to an aromatic ring is 1. The molecule has 1 aromatic carbocycles. The third-order valence-corrected chi connectivity index (χ3v) is 4.03. The summed E-state index contributed by atoms with van der Waals surface area (Å²) >= 11 is 1.65. The van der Waals surface area contributed by atoms with Crippen LogP contribution in [0.2, 0.25) is 0 Å². The number of aryl methyl sites for hydroxylation is 1. The maximum absolute atomic E-state index is 5.80. The molecule has 0 fully saturated rings. The van der Waals surface area contributed by atoms with Gasteiger partial charge in [0.25, 0.3) is 0 Å². The highest BCUT2D eigenvalue weighted by Crippen LogP contribution is 2.23. The van der Waals surface area contributed by atoms with Crippen LogP contribution in [0.1, 0.15) is 10.6 Å². The Bertz CT molecular complexity index is 741. The molecule has 0 saturated heterocycles. The van der Waals surface area contributed by atoms with Gasteiger partial charge in [0.1, 0.15) is 6.33 Å². The van der Waals surface area contributed by atoms with Gasteiger partial charge in [0.15, 0.2) is 0 Å². The lowest BCUT2D eigenvalue weighted by Crippen LogP contribution is -2.03. The SMILES string of the molecule is Cc1ncsc1CCOc1ncnc2ccc(N)cc12. The molecule has 2 N–H and O–H groups in total. The lowest BCUT2D eigenvalue weighted by molar-refractivity contribution is 0.314. The van der Waals surface area contributed by atoms with Crippen molar-refractivity contribution in [1.29, 1.82) is 0 Å². The van der Waals surface area contributed by atoms with Crippen molar-refractivity contribution < 1.29 is 4.74 Å². The van der Waals surface area contributed by atoms with E-state index in [2.05, 4.69) is 15.0 Å². The smallest absolute Gasteiger partial charge is 0.224 e. The average Bonchev–Trinajstić information content (AvgIpc) is 2.85. The molecule has 2 aromatic heterocycles. The summed E-state index contributed by atoms with van der Waals surface area (Å²) in [7, 11) is 0. The van der Waals surface area contributed by atoms with Crippen molar-refractivity contribution in [2.75, 3.05) is 12.3 Å². The summed E-state index contributed by atoms with van der Waals surface area (Å²) in [5.41, 5.74) is 10.2. The normalized spacial score (nSPS) is 10.8. The van der Waals surface area contributed by atoms with Gasteiger partial charge in [-0.05, 0) is 25.1 Å². The summed E-state index contributed by atoms with van der Waals surface area (Å²) < 4.78 is 5.77. The highest BCUT2D eigenvalue weighted by atomic mass is 32.1. The number of nitrogens with zero attached hydrogens (tertiary/aromatic N) is 3. The second-order valence-corrected chi connectivity index (χ2v) is 5.35. The van der Waals surface area contributed by atoms with Gasteiger partial charge in [0, 0.05) is 17.0 Å². The van der Waals surface area contributed by atoms with Crippen LogP contribution in [0.15, 0.2) is 30.0 Å². The Hall–Kier alpha value is -2.21. The third kappa shape index (κ3) is 2.55. The second-order valence-electron chi connectivity index (χ2n) is 4.41. The monoisotopic (exact) mass is 286 g/mol. The predicted octanol–water partition coefficient (Wildman–Crippen LogP) is 2.60. The van der Waals surface area contributed by atoms with Gasteiger partial charge in [-0.1, -0.05) is 0 Å². The highest BCUT2D eigenvalue weighted by molar-refractivity contribution is 7.09. The molecule has 0 aliphatic rings. The number of hydrogen-bond acceptors (Lipinski definition) is 6. The minimum Gasteiger partial charge on any atom is -0.477 e. The van der Waals surface area contributed by atoms with Crippen LogP contribution in [0.5, 0.6) is 5.88 Å². The van der Waals surface area contributed by atoms with Gasteiger partial charge in [-0.15, -0.1) is 11.3 Å². The third-order valence-electron chi connectivity index (χ3n) is 3.04. The van der Waals surface area contributed by atoms with Crippen LogP contribution < -0.4 is 10.5 Å². The molecular formula is C14H14N4OS. The summed E-state index contributed by atoms with van der Waals surface area (Å²) in [6.07, 6.45) is 2.33. The number of hydrogen-bond donors (Lipinski definition) is 1. The van der Waals surface area contributed by atoms with Gasteiger partial charge in [-0.2, -0.15) is 0 Å². The molecule has 0 radical (unpaired) electrons. The first kappa shape index (κ1) is 12.8. The van der Waals surface area contributed by atoms with Crippen molar-refractivity contribution in [3.63, 3.8) is 0 Å². The van der Waals surface area contributed by atoms with E-state index in [1.54, 1.807) is 11.3 Å². The van der Waals surface area contributed by atoms with Gasteiger partial charge in [-0.3, -0.25) is 0 Å². The molecule has 3 aromatic rings. The standard InChI is InChI=1S/C14H14N4OS/c1-9-13(20-8-18-9)4-5-19-14-11-6-10(15)2-3-12(11)16-7-17-14/h2-3,6-8H,4-5,15H2,1H3. The largest absolute Gasteiger partial charge is 0.477 e. The van der Waals surface area contributed by atoms with Gasteiger partial charge in [0.2, 0.25) is 5.88 Å². The molecule has 20 heavy (non-hydrogen) atoms. The first-order chi connectivity index (χ1) is 9.74. The summed E-state index contributed by atoms with van der Waals surface area (Å²) in [5.74, 6) is 0.574. The average molecular weight is 286 g/mol. The Kier molecular flexibility index (Phi) is 3.47. The quantitative estimate of drug-likeness (QED) is 0.746. The van der Waals surface area contributed by atoms with Crippen molar-refractivity contribution in [2.24, 2.45) is 0 Å². The molecular weight excluding hydrogens is 272 g/mol. The summed E-state index contributed by atoms with van der Waals surface area (Å²) in [5, 5.41) is 0.841. The number of anilines is 1. The van der Waals surface area contributed by atoms with E-state index in [0.717, 1.165) is 23.0 Å². The van der Waals surface area contributed by atoms with Gasteiger partial charge in [-0.25, -0.2) is 15.0 Å². The minimum atomic E-state index is 0.559. The summed E-state index contributed by atoms with van der Waals surface area (Å²) in [4.78, 5) is 13.9. The molecule has 3 rings (SSSR count). The molecule has 5 nitrogen and oxygen atoms in total. The topological polar surface area (TPSA) is 73.9 Å². The van der Waals surface area contributed by atoms with E-state index in [-0.39, 0.29) is 0 Å². The van der Waals surface area contributed by atoms with Crippen molar-refractivity contribution >= 4 is 27.9 Å². The van der Waals surface area contributed by atoms with Crippen LogP contribution in [-0.2, 0) is 6.42 Å². The van der Waals surface area contributed by atoms with Crippen LogP contribution in [0, 0.1) is 6.92 Å². The predicted molar refractivity (Wildman–Crippen MR) is 80.0 cm³/mol. The molecule has 0 amide bonds. The lowest BCUT2D eigenvalue weighted by Gasteiger charge is -2.07. The maximum atomic E-state index is 5.80. The first-order valence-corrected chi connectivity index (χ1v) is 7.14. The lowest BCUT2D eigenvalue weighted by atomic mass is 10.2. The molecule has 0 atom stereocenters. The Labute approximate surface area is 120 Å². The van der Waals surface area contributed by atoms with Crippen LogP contribution in [-0.4, -0.2) is 21.6 Å². The van der Waals surface area contributed by atoms with E-state index in [1.807, 2.05) is 30.6 Å². The van der Waals surface area contributed by atoms with Gasteiger partial charge >= 0.3 is 0 Å². The van der Waals surface area contributed by atoms with E-state index >= 15 is 0 Å². The van der Waals surface area contributed by atoms with Crippen LogP contribution >= 0.6 is 11.3 Å². The van der Waals surface area contributed by atoms with Crippen LogP contribution in [0.4, 0.5) is 5.69 Å². The number of benzene rings is 1. The Morgan fingerprint density at radius 2 is 2.15 bits per heavy atom. The molecule has 0 spiro atoms. The van der Waals surface area contributed by atoms with E-state index in [9.17, 15) is 0 Å². The number of fused-ring (bicyclic) bond motifs is 1. The van der Waals surface area contributed by atoms with Crippen molar-refractivity contribution in [2.45, 2.75) is 13.3 Å². The van der Waals surface area contributed by atoms with Gasteiger partial charge in [0.05, 0.1) is 28.7 Å². The Balaban J connectivity index is 1.77. The summed E-state index contributed by atoms with van der Waals surface area (Å²) in [6, 6.07) is 5.52. The van der Waals surface area contributed by atoms with Crippen molar-refractivity contribution in [3.05, 3.63) is 40.6 Å². The molecule has 0 aliphatic heterocycles. The Morgan fingerprint density at radius 1 is 1.25 bits per heavy atom. The molecule has 6 heteroatoms. The fraction of sp³-hybridized carbons (Fsp3) is 0.214. The fourth-order valence-corrected chi connectivity index (χ4v) is 2.73.